The molecule has 0 radical (unpaired) electrons. The van der Waals surface area contributed by atoms with Gasteiger partial charge in [-0.15, -0.1) is 0 Å². The Bertz CT molecular complexity index is 752. The number of hydrogen-bond donors (Lipinski definition) is 1. The van der Waals surface area contributed by atoms with E-state index in [0.717, 1.165) is 23.3 Å². The highest BCUT2D eigenvalue weighted by Gasteiger charge is 2.34. The molecule has 2 heterocycles. The second-order valence-electron chi connectivity index (χ2n) is 6.22. The Kier molecular flexibility index (Phi) is 4.17. The van der Waals surface area contributed by atoms with Crippen LogP contribution in [-0.2, 0) is 0 Å². The maximum atomic E-state index is 13.5. The third-order valence-electron chi connectivity index (χ3n) is 3.88. The third-order valence-corrected chi connectivity index (χ3v) is 3.88. The van der Waals surface area contributed by atoms with Crippen LogP contribution >= 0.6 is 0 Å². The van der Waals surface area contributed by atoms with Crippen LogP contribution in [0.25, 0.3) is 0 Å². The lowest BCUT2D eigenvalue weighted by molar-refractivity contribution is 0.0756. The van der Waals surface area contributed by atoms with Crippen molar-refractivity contribution in [1.82, 2.24) is 9.97 Å². The fraction of sp³-hybridized carbons (Fsp3) is 0.412. The number of rotatable bonds is 4. The van der Waals surface area contributed by atoms with Gasteiger partial charge in [0.1, 0.15) is 17.1 Å². The highest BCUT2D eigenvalue weighted by molar-refractivity contribution is 5.47. The summed E-state index contributed by atoms with van der Waals surface area (Å²) < 4.78 is 29.7. The van der Waals surface area contributed by atoms with Crippen LogP contribution in [0.15, 0.2) is 24.4 Å². The molecule has 128 valence electrons. The number of aromatic nitrogens is 2. The maximum Gasteiger partial charge on any atom is 0.255 e. The SMILES string of the molecule is COc1ccc2c(c1)C(Nc1ncc(F)c(OC)n1)CC(C)(C)O2. The number of benzene rings is 1. The molecule has 6 nitrogen and oxygen atoms in total. The summed E-state index contributed by atoms with van der Waals surface area (Å²) in [6.45, 7) is 4.03. The molecule has 1 aliphatic rings. The van der Waals surface area contributed by atoms with Gasteiger partial charge in [0.15, 0.2) is 0 Å². The van der Waals surface area contributed by atoms with E-state index in [-0.39, 0.29) is 17.5 Å². The Balaban J connectivity index is 1.95. The zero-order valence-corrected chi connectivity index (χ0v) is 14.1. The number of nitrogens with zero attached hydrogens (tertiary/aromatic N) is 2. The number of anilines is 1. The quantitative estimate of drug-likeness (QED) is 0.926. The van der Waals surface area contributed by atoms with E-state index in [0.29, 0.717) is 12.4 Å². The fourth-order valence-corrected chi connectivity index (χ4v) is 2.81. The van der Waals surface area contributed by atoms with Gasteiger partial charge in [-0.05, 0) is 32.0 Å². The van der Waals surface area contributed by atoms with Crippen molar-refractivity contribution in [2.75, 3.05) is 19.5 Å². The van der Waals surface area contributed by atoms with Crippen molar-refractivity contribution in [1.29, 1.82) is 0 Å². The Labute approximate surface area is 140 Å². The van der Waals surface area contributed by atoms with E-state index < -0.39 is 5.82 Å². The summed E-state index contributed by atoms with van der Waals surface area (Å²) in [5.41, 5.74) is 0.587. The van der Waals surface area contributed by atoms with Gasteiger partial charge < -0.3 is 19.5 Å². The summed E-state index contributed by atoms with van der Waals surface area (Å²) in [5.74, 6) is 1.12. The first-order chi connectivity index (χ1) is 11.4. The lowest BCUT2D eigenvalue weighted by atomic mass is 9.89. The number of halogens is 1. The van der Waals surface area contributed by atoms with E-state index >= 15 is 0 Å². The highest BCUT2D eigenvalue weighted by Crippen LogP contribution is 2.42. The lowest BCUT2D eigenvalue weighted by Gasteiger charge is -2.38. The molecule has 0 saturated heterocycles. The number of ether oxygens (including phenoxy) is 3. The van der Waals surface area contributed by atoms with Crippen LogP contribution in [0.4, 0.5) is 10.3 Å². The molecule has 0 bridgehead atoms. The summed E-state index contributed by atoms with van der Waals surface area (Å²) in [6, 6.07) is 5.56. The third kappa shape index (κ3) is 3.20. The van der Waals surface area contributed by atoms with Crippen LogP contribution < -0.4 is 19.5 Å². The largest absolute Gasteiger partial charge is 0.497 e. The van der Waals surface area contributed by atoms with Crippen LogP contribution in [-0.4, -0.2) is 29.8 Å². The molecule has 1 aliphatic heterocycles. The highest BCUT2D eigenvalue weighted by atomic mass is 19.1. The molecule has 1 unspecified atom stereocenters. The molecule has 1 aromatic heterocycles. The van der Waals surface area contributed by atoms with Crippen molar-refractivity contribution in [3.8, 4) is 17.4 Å². The van der Waals surface area contributed by atoms with Crippen molar-refractivity contribution < 1.29 is 18.6 Å². The minimum Gasteiger partial charge on any atom is -0.497 e. The summed E-state index contributed by atoms with van der Waals surface area (Å²) >= 11 is 0. The smallest absolute Gasteiger partial charge is 0.255 e. The fourth-order valence-electron chi connectivity index (χ4n) is 2.81. The first-order valence-corrected chi connectivity index (χ1v) is 7.62. The standard InChI is InChI=1S/C17H20FN3O3/c1-17(2)8-13(11-7-10(22-3)5-6-14(11)24-17)20-16-19-9-12(18)15(21-16)23-4/h5-7,9,13H,8H2,1-4H3,(H,19,20,21). The van der Waals surface area contributed by atoms with Crippen molar-refractivity contribution >= 4 is 5.95 Å². The number of methoxy groups -OCH3 is 2. The number of nitrogens with one attached hydrogen (secondary N) is 1. The lowest BCUT2D eigenvalue weighted by Crippen LogP contribution is -2.37. The van der Waals surface area contributed by atoms with Gasteiger partial charge in [0.25, 0.3) is 5.88 Å². The van der Waals surface area contributed by atoms with Gasteiger partial charge in [-0.25, -0.2) is 4.98 Å². The van der Waals surface area contributed by atoms with Gasteiger partial charge in [0.05, 0.1) is 26.5 Å². The van der Waals surface area contributed by atoms with Crippen LogP contribution in [0.1, 0.15) is 31.9 Å². The normalized spacial score (nSPS) is 18.3. The summed E-state index contributed by atoms with van der Waals surface area (Å²) in [4.78, 5) is 8.05. The molecule has 0 amide bonds. The second kappa shape index (κ2) is 6.14. The molecule has 1 aromatic carbocycles. The van der Waals surface area contributed by atoms with E-state index in [9.17, 15) is 4.39 Å². The van der Waals surface area contributed by atoms with E-state index in [1.54, 1.807) is 7.11 Å². The monoisotopic (exact) mass is 333 g/mol. The molecule has 0 spiro atoms. The maximum absolute atomic E-state index is 13.5. The van der Waals surface area contributed by atoms with Crippen LogP contribution in [0.2, 0.25) is 0 Å². The summed E-state index contributed by atoms with van der Waals surface area (Å²) in [6.07, 6.45) is 1.78. The van der Waals surface area contributed by atoms with Gasteiger partial charge in [-0.2, -0.15) is 9.37 Å². The summed E-state index contributed by atoms with van der Waals surface area (Å²) in [5, 5.41) is 3.24. The zero-order valence-electron chi connectivity index (χ0n) is 14.1. The molecule has 0 fully saturated rings. The predicted molar refractivity (Wildman–Crippen MR) is 87.2 cm³/mol. The van der Waals surface area contributed by atoms with E-state index in [1.807, 2.05) is 32.0 Å². The van der Waals surface area contributed by atoms with Gasteiger partial charge in [-0.3, -0.25) is 0 Å². The van der Waals surface area contributed by atoms with Crippen LogP contribution in [0.5, 0.6) is 17.4 Å². The molecule has 3 rings (SSSR count). The molecular weight excluding hydrogens is 313 g/mol. The van der Waals surface area contributed by atoms with Crippen LogP contribution in [0.3, 0.4) is 0 Å². The minimum atomic E-state index is -0.600. The minimum absolute atomic E-state index is 0.0929. The van der Waals surface area contributed by atoms with E-state index in [4.69, 9.17) is 14.2 Å². The molecule has 1 N–H and O–H groups in total. The zero-order chi connectivity index (χ0) is 17.3. The Morgan fingerprint density at radius 2 is 2.08 bits per heavy atom. The van der Waals surface area contributed by atoms with Crippen molar-refractivity contribution in [2.45, 2.75) is 31.9 Å². The van der Waals surface area contributed by atoms with Gasteiger partial charge in [0, 0.05) is 12.0 Å². The average Bonchev–Trinajstić information content (AvgIpc) is 2.55. The van der Waals surface area contributed by atoms with Crippen molar-refractivity contribution in [3.05, 3.63) is 35.8 Å². The van der Waals surface area contributed by atoms with Crippen molar-refractivity contribution in [3.63, 3.8) is 0 Å². The van der Waals surface area contributed by atoms with Gasteiger partial charge >= 0.3 is 0 Å². The Morgan fingerprint density at radius 1 is 1.29 bits per heavy atom. The summed E-state index contributed by atoms with van der Waals surface area (Å²) in [7, 11) is 2.98. The Morgan fingerprint density at radius 3 is 2.79 bits per heavy atom. The first-order valence-electron chi connectivity index (χ1n) is 7.62. The first kappa shape index (κ1) is 16.3. The van der Waals surface area contributed by atoms with Gasteiger partial charge in [-0.1, -0.05) is 0 Å². The molecule has 7 heteroatoms. The molecular formula is C17H20FN3O3. The molecule has 24 heavy (non-hydrogen) atoms. The molecule has 1 atom stereocenters. The molecule has 0 saturated carbocycles. The topological polar surface area (TPSA) is 65.5 Å². The Hall–Kier alpha value is -2.57. The average molecular weight is 333 g/mol. The predicted octanol–water partition coefficient (Wildman–Crippen LogP) is 3.35. The van der Waals surface area contributed by atoms with E-state index in [2.05, 4.69) is 15.3 Å². The number of fused-ring (bicyclic) bond motifs is 1. The molecule has 2 aromatic rings. The van der Waals surface area contributed by atoms with Crippen molar-refractivity contribution in [2.24, 2.45) is 0 Å². The number of hydrogen-bond acceptors (Lipinski definition) is 6. The van der Waals surface area contributed by atoms with E-state index in [1.165, 1.54) is 7.11 Å². The van der Waals surface area contributed by atoms with Crippen LogP contribution in [0, 0.1) is 5.82 Å². The second-order valence-corrected chi connectivity index (χ2v) is 6.22. The van der Waals surface area contributed by atoms with Gasteiger partial charge in [0.2, 0.25) is 11.8 Å². The molecule has 0 aliphatic carbocycles.